The Kier molecular flexibility index (Phi) is 5.50. The number of anilines is 1. The highest BCUT2D eigenvalue weighted by Crippen LogP contribution is 2.27. The van der Waals surface area contributed by atoms with Crippen LogP contribution in [-0.2, 0) is 4.79 Å². The zero-order valence-corrected chi connectivity index (χ0v) is 15.0. The quantitative estimate of drug-likeness (QED) is 0.661. The minimum atomic E-state index is -1.09. The molecule has 0 fully saturated rings. The molecular weight excluding hydrogens is 348 g/mol. The van der Waals surface area contributed by atoms with Crippen LogP contribution in [0.2, 0.25) is 0 Å². The van der Waals surface area contributed by atoms with Crippen molar-refractivity contribution in [1.82, 2.24) is 0 Å². The second-order valence-corrected chi connectivity index (χ2v) is 6.29. The summed E-state index contributed by atoms with van der Waals surface area (Å²) in [5.74, 6) is -2.22. The van der Waals surface area contributed by atoms with Gasteiger partial charge in [0.05, 0.1) is 0 Å². The number of benzene rings is 3. The van der Waals surface area contributed by atoms with Crippen molar-refractivity contribution in [3.8, 4) is 5.75 Å². The van der Waals surface area contributed by atoms with Crippen molar-refractivity contribution >= 4 is 11.6 Å². The van der Waals surface area contributed by atoms with Crippen LogP contribution in [0, 0.1) is 25.5 Å². The SMILES string of the molecule is Cc1ccc(C)c(NC(=O)[C@@H](Oc2ccc(F)cc2F)c2ccccc2)c1. The molecule has 0 radical (unpaired) electrons. The summed E-state index contributed by atoms with van der Waals surface area (Å²) >= 11 is 0. The second kappa shape index (κ2) is 7.99. The number of carbonyl (C=O) groups is 1. The van der Waals surface area contributed by atoms with Crippen LogP contribution < -0.4 is 10.1 Å². The molecule has 0 aliphatic carbocycles. The Morgan fingerprint density at radius 2 is 1.70 bits per heavy atom. The van der Waals surface area contributed by atoms with Crippen LogP contribution in [0.4, 0.5) is 14.5 Å². The Labute approximate surface area is 156 Å². The molecule has 0 aromatic heterocycles. The highest BCUT2D eigenvalue weighted by atomic mass is 19.1. The lowest BCUT2D eigenvalue weighted by molar-refractivity contribution is -0.123. The van der Waals surface area contributed by atoms with Crippen molar-refractivity contribution in [1.29, 1.82) is 0 Å². The number of hydrogen-bond donors (Lipinski definition) is 1. The zero-order chi connectivity index (χ0) is 19.4. The van der Waals surface area contributed by atoms with E-state index in [1.54, 1.807) is 24.3 Å². The van der Waals surface area contributed by atoms with Crippen molar-refractivity contribution in [3.05, 3.63) is 95.1 Å². The molecule has 27 heavy (non-hydrogen) atoms. The van der Waals surface area contributed by atoms with Crippen molar-refractivity contribution in [2.45, 2.75) is 20.0 Å². The Hall–Kier alpha value is -3.21. The standard InChI is InChI=1S/C22H19F2NO2/c1-14-8-9-15(2)19(12-14)25-22(26)21(16-6-4-3-5-7-16)27-20-11-10-17(23)13-18(20)24/h3-13,21H,1-2H3,(H,25,26)/t21-/m0/s1. The second-order valence-electron chi connectivity index (χ2n) is 6.29. The molecule has 1 atom stereocenters. The maximum Gasteiger partial charge on any atom is 0.270 e. The largest absolute Gasteiger partial charge is 0.473 e. The van der Waals surface area contributed by atoms with Gasteiger partial charge in [0.1, 0.15) is 5.82 Å². The summed E-state index contributed by atoms with van der Waals surface area (Å²) in [5.41, 5.74) is 3.11. The molecule has 3 aromatic carbocycles. The summed E-state index contributed by atoms with van der Waals surface area (Å²) in [6.07, 6.45) is -1.09. The summed E-state index contributed by atoms with van der Waals surface area (Å²) in [6, 6.07) is 17.5. The highest BCUT2D eigenvalue weighted by molar-refractivity contribution is 5.95. The first-order valence-corrected chi connectivity index (χ1v) is 8.49. The monoisotopic (exact) mass is 367 g/mol. The van der Waals surface area contributed by atoms with Gasteiger partial charge < -0.3 is 10.1 Å². The average molecular weight is 367 g/mol. The van der Waals surface area contributed by atoms with E-state index in [0.29, 0.717) is 11.3 Å². The Bertz CT molecular complexity index is 958. The van der Waals surface area contributed by atoms with Crippen LogP contribution in [0.25, 0.3) is 0 Å². The topological polar surface area (TPSA) is 38.3 Å². The molecule has 0 saturated heterocycles. The summed E-state index contributed by atoms with van der Waals surface area (Å²) in [7, 11) is 0. The molecule has 138 valence electrons. The van der Waals surface area contributed by atoms with Crippen LogP contribution in [-0.4, -0.2) is 5.91 Å². The van der Waals surface area contributed by atoms with Gasteiger partial charge in [0.2, 0.25) is 6.10 Å². The van der Waals surface area contributed by atoms with Gasteiger partial charge in [-0.3, -0.25) is 4.79 Å². The highest BCUT2D eigenvalue weighted by Gasteiger charge is 2.24. The number of carbonyl (C=O) groups excluding carboxylic acids is 1. The fourth-order valence-electron chi connectivity index (χ4n) is 2.67. The minimum absolute atomic E-state index is 0.193. The third-order valence-corrected chi connectivity index (χ3v) is 4.13. The smallest absolute Gasteiger partial charge is 0.270 e. The third kappa shape index (κ3) is 4.50. The Balaban J connectivity index is 1.92. The summed E-state index contributed by atoms with van der Waals surface area (Å²) in [6.45, 7) is 3.81. The first-order chi connectivity index (χ1) is 12.9. The van der Waals surface area contributed by atoms with Gasteiger partial charge in [-0.05, 0) is 43.2 Å². The van der Waals surface area contributed by atoms with Crippen molar-refractivity contribution in [2.75, 3.05) is 5.32 Å². The van der Waals surface area contributed by atoms with Crippen LogP contribution in [0.3, 0.4) is 0 Å². The molecule has 3 aromatic rings. The van der Waals surface area contributed by atoms with E-state index >= 15 is 0 Å². The van der Waals surface area contributed by atoms with Gasteiger partial charge in [0.25, 0.3) is 5.91 Å². The van der Waals surface area contributed by atoms with E-state index in [2.05, 4.69) is 5.32 Å². The molecule has 0 heterocycles. The molecule has 0 saturated carbocycles. The first kappa shape index (κ1) is 18.6. The molecule has 3 rings (SSSR count). The van der Waals surface area contributed by atoms with E-state index in [1.165, 1.54) is 6.07 Å². The molecule has 1 amide bonds. The number of rotatable bonds is 5. The van der Waals surface area contributed by atoms with Crippen molar-refractivity contribution in [3.63, 3.8) is 0 Å². The summed E-state index contributed by atoms with van der Waals surface area (Å²) in [5, 5.41) is 2.84. The number of hydrogen-bond acceptors (Lipinski definition) is 2. The van der Waals surface area contributed by atoms with E-state index in [1.807, 2.05) is 38.1 Å². The molecule has 0 unspecified atom stereocenters. The van der Waals surface area contributed by atoms with Crippen molar-refractivity contribution < 1.29 is 18.3 Å². The fraction of sp³-hybridized carbons (Fsp3) is 0.136. The lowest BCUT2D eigenvalue weighted by Gasteiger charge is -2.20. The van der Waals surface area contributed by atoms with Gasteiger partial charge in [0, 0.05) is 17.3 Å². The molecule has 0 aliphatic heterocycles. The predicted octanol–water partition coefficient (Wildman–Crippen LogP) is 5.34. The lowest BCUT2D eigenvalue weighted by atomic mass is 10.1. The van der Waals surface area contributed by atoms with Crippen LogP contribution in [0.5, 0.6) is 5.75 Å². The molecule has 5 heteroatoms. The van der Waals surface area contributed by atoms with Gasteiger partial charge in [-0.2, -0.15) is 0 Å². The predicted molar refractivity (Wildman–Crippen MR) is 101 cm³/mol. The van der Waals surface area contributed by atoms with Gasteiger partial charge in [-0.15, -0.1) is 0 Å². The average Bonchev–Trinajstić information content (AvgIpc) is 2.64. The van der Waals surface area contributed by atoms with E-state index in [4.69, 9.17) is 4.74 Å². The minimum Gasteiger partial charge on any atom is -0.473 e. The molecule has 1 N–H and O–H groups in total. The van der Waals surface area contributed by atoms with Gasteiger partial charge in [0.15, 0.2) is 11.6 Å². The molecule has 0 spiro atoms. The Morgan fingerprint density at radius 3 is 2.41 bits per heavy atom. The summed E-state index contributed by atoms with van der Waals surface area (Å²) < 4.78 is 32.8. The number of ether oxygens (including phenoxy) is 1. The van der Waals surface area contributed by atoms with Gasteiger partial charge >= 0.3 is 0 Å². The number of halogens is 2. The molecule has 3 nitrogen and oxygen atoms in total. The molecule has 0 bridgehead atoms. The molecule has 0 aliphatic rings. The number of aryl methyl sites for hydroxylation is 2. The van der Waals surface area contributed by atoms with E-state index in [0.717, 1.165) is 23.3 Å². The van der Waals surface area contributed by atoms with Crippen LogP contribution in [0.1, 0.15) is 22.8 Å². The fourth-order valence-corrected chi connectivity index (χ4v) is 2.67. The molecular formula is C22H19F2NO2. The summed E-state index contributed by atoms with van der Waals surface area (Å²) in [4.78, 5) is 12.9. The van der Waals surface area contributed by atoms with Crippen LogP contribution in [0.15, 0.2) is 66.7 Å². The first-order valence-electron chi connectivity index (χ1n) is 8.49. The van der Waals surface area contributed by atoms with E-state index in [-0.39, 0.29) is 5.75 Å². The van der Waals surface area contributed by atoms with Gasteiger partial charge in [-0.1, -0.05) is 42.5 Å². The number of nitrogens with one attached hydrogen (secondary N) is 1. The number of amides is 1. The zero-order valence-electron chi connectivity index (χ0n) is 15.0. The van der Waals surface area contributed by atoms with Crippen LogP contribution >= 0.6 is 0 Å². The Morgan fingerprint density at radius 1 is 0.963 bits per heavy atom. The van der Waals surface area contributed by atoms with Crippen molar-refractivity contribution in [2.24, 2.45) is 0 Å². The third-order valence-electron chi connectivity index (χ3n) is 4.13. The van der Waals surface area contributed by atoms with Gasteiger partial charge in [-0.25, -0.2) is 8.78 Å². The van der Waals surface area contributed by atoms with E-state index < -0.39 is 23.6 Å². The maximum absolute atomic E-state index is 14.0. The normalized spacial score (nSPS) is 11.7. The lowest BCUT2D eigenvalue weighted by Crippen LogP contribution is -2.26. The van der Waals surface area contributed by atoms with E-state index in [9.17, 15) is 13.6 Å². The maximum atomic E-state index is 14.0.